The van der Waals surface area contributed by atoms with Crippen LogP contribution in [0.4, 0.5) is 0 Å². The second kappa shape index (κ2) is 5.33. The minimum absolute atomic E-state index is 0.167. The number of nitrogens with zero attached hydrogens (tertiary/aromatic N) is 1. The fraction of sp³-hybridized carbons (Fsp3) is 0.562. The minimum atomic E-state index is -0.167. The molecule has 0 aromatic heterocycles. The Morgan fingerprint density at radius 3 is 2.68 bits per heavy atom. The lowest BCUT2D eigenvalue weighted by atomic mass is 9.99. The molecule has 1 aliphatic carbocycles. The molecule has 1 N–H and O–H groups in total. The first-order valence-electron chi connectivity index (χ1n) is 7.37. The number of nitrogens with one attached hydrogen (secondary N) is 1. The summed E-state index contributed by atoms with van der Waals surface area (Å²) >= 11 is 0. The lowest BCUT2D eigenvalue weighted by Crippen LogP contribution is -2.44. The summed E-state index contributed by atoms with van der Waals surface area (Å²) in [7, 11) is 1.89. The second-order valence-electron chi connectivity index (χ2n) is 5.64. The van der Waals surface area contributed by atoms with Crippen molar-refractivity contribution >= 4 is 5.91 Å². The average molecular weight is 258 g/mol. The molecule has 19 heavy (non-hydrogen) atoms. The minimum Gasteiger partial charge on any atom is -0.338 e. The number of hydrogen-bond acceptors (Lipinski definition) is 2. The molecule has 0 saturated heterocycles. The molecule has 0 radical (unpaired) electrons. The van der Waals surface area contributed by atoms with E-state index < -0.39 is 0 Å². The van der Waals surface area contributed by atoms with Crippen LogP contribution in [0.2, 0.25) is 0 Å². The van der Waals surface area contributed by atoms with Crippen molar-refractivity contribution in [1.82, 2.24) is 10.2 Å². The van der Waals surface area contributed by atoms with E-state index in [1.807, 2.05) is 13.1 Å². The smallest absolute Gasteiger partial charge is 0.244 e. The monoisotopic (exact) mass is 258 g/mol. The van der Waals surface area contributed by atoms with Gasteiger partial charge in [-0.25, -0.2) is 0 Å². The summed E-state index contributed by atoms with van der Waals surface area (Å²) in [6.07, 6.45) is 5.88. The maximum atomic E-state index is 12.8. The van der Waals surface area contributed by atoms with E-state index in [0.29, 0.717) is 6.04 Å². The van der Waals surface area contributed by atoms with Crippen molar-refractivity contribution in [2.45, 2.75) is 44.2 Å². The highest BCUT2D eigenvalue weighted by Crippen LogP contribution is 2.30. The van der Waals surface area contributed by atoms with Gasteiger partial charge in [-0.3, -0.25) is 4.79 Å². The highest BCUT2D eigenvalue weighted by atomic mass is 16.2. The van der Waals surface area contributed by atoms with E-state index in [1.54, 1.807) is 0 Å². The predicted molar refractivity (Wildman–Crippen MR) is 75.9 cm³/mol. The number of amides is 1. The van der Waals surface area contributed by atoms with E-state index in [4.69, 9.17) is 0 Å². The first-order chi connectivity index (χ1) is 9.31. The molecule has 3 rings (SSSR count). The largest absolute Gasteiger partial charge is 0.338 e. The molecule has 3 nitrogen and oxygen atoms in total. The maximum absolute atomic E-state index is 12.8. The number of carbonyl (C=O) groups excluding carboxylic acids is 1. The van der Waals surface area contributed by atoms with E-state index in [1.165, 1.54) is 31.2 Å². The van der Waals surface area contributed by atoms with Crippen molar-refractivity contribution in [3.05, 3.63) is 35.4 Å². The molecule has 1 heterocycles. The van der Waals surface area contributed by atoms with Crippen molar-refractivity contribution < 1.29 is 4.79 Å². The van der Waals surface area contributed by atoms with E-state index in [2.05, 4.69) is 28.4 Å². The van der Waals surface area contributed by atoms with Gasteiger partial charge in [0.1, 0.15) is 6.04 Å². The summed E-state index contributed by atoms with van der Waals surface area (Å²) in [5.74, 6) is 0.263. The molecule has 1 aromatic rings. The number of benzene rings is 1. The van der Waals surface area contributed by atoms with Crippen molar-refractivity contribution in [2.24, 2.45) is 0 Å². The molecule has 0 spiro atoms. The molecular weight excluding hydrogens is 236 g/mol. The van der Waals surface area contributed by atoms with Gasteiger partial charge in [-0.05, 0) is 37.4 Å². The summed E-state index contributed by atoms with van der Waals surface area (Å²) in [4.78, 5) is 14.9. The molecule has 3 heteroatoms. The number of likely N-dealkylation sites (N-methyl/N-ethyl adjacent to an activating group) is 1. The average Bonchev–Trinajstić information content (AvgIpc) is 2.91. The molecule has 0 bridgehead atoms. The topological polar surface area (TPSA) is 32.3 Å². The van der Waals surface area contributed by atoms with Gasteiger partial charge in [-0.1, -0.05) is 37.1 Å². The zero-order chi connectivity index (χ0) is 13.2. The van der Waals surface area contributed by atoms with Crippen LogP contribution in [0, 0.1) is 0 Å². The molecule has 1 saturated carbocycles. The van der Waals surface area contributed by atoms with Crippen LogP contribution in [0.5, 0.6) is 0 Å². The highest BCUT2D eigenvalue weighted by molar-refractivity contribution is 5.84. The Hall–Kier alpha value is -1.35. The zero-order valence-electron chi connectivity index (χ0n) is 11.6. The van der Waals surface area contributed by atoms with Crippen molar-refractivity contribution in [1.29, 1.82) is 0 Å². The van der Waals surface area contributed by atoms with Gasteiger partial charge >= 0.3 is 0 Å². The van der Waals surface area contributed by atoms with Crippen LogP contribution in [0.15, 0.2) is 24.3 Å². The van der Waals surface area contributed by atoms with Crippen LogP contribution in [-0.4, -0.2) is 30.4 Å². The molecule has 1 aromatic carbocycles. The molecule has 1 atom stereocenters. The van der Waals surface area contributed by atoms with Gasteiger partial charge in [-0.2, -0.15) is 0 Å². The molecule has 2 aliphatic rings. The first-order valence-corrected chi connectivity index (χ1v) is 7.37. The van der Waals surface area contributed by atoms with Crippen molar-refractivity contribution in [3.63, 3.8) is 0 Å². The normalized spacial score (nSPS) is 24.4. The number of fused-ring (bicyclic) bond motifs is 1. The van der Waals surface area contributed by atoms with Gasteiger partial charge in [0.25, 0.3) is 0 Å². The summed E-state index contributed by atoms with van der Waals surface area (Å²) in [5.41, 5.74) is 2.48. The standard InChI is InChI=1S/C16H22N2O/c1-17-15-14-9-5-2-6-12(14)10-11-18(16(15)19)13-7-3-4-8-13/h2,5-6,9,13,15,17H,3-4,7-8,10-11H2,1H3. The Labute approximate surface area is 115 Å². The number of rotatable bonds is 2. The highest BCUT2D eigenvalue weighted by Gasteiger charge is 2.34. The van der Waals surface area contributed by atoms with E-state index in [-0.39, 0.29) is 11.9 Å². The lowest BCUT2D eigenvalue weighted by molar-refractivity contribution is -0.135. The van der Waals surface area contributed by atoms with E-state index in [0.717, 1.165) is 18.5 Å². The van der Waals surface area contributed by atoms with Crippen LogP contribution in [0.25, 0.3) is 0 Å². The van der Waals surface area contributed by atoms with Crippen LogP contribution < -0.4 is 5.32 Å². The number of hydrogen-bond donors (Lipinski definition) is 1. The fourth-order valence-corrected chi connectivity index (χ4v) is 3.55. The van der Waals surface area contributed by atoms with Crippen molar-refractivity contribution in [3.8, 4) is 0 Å². The van der Waals surface area contributed by atoms with E-state index >= 15 is 0 Å². The fourth-order valence-electron chi connectivity index (χ4n) is 3.55. The molecular formula is C16H22N2O. The SMILES string of the molecule is CNC1C(=O)N(C2CCCC2)CCc2ccccc21. The first kappa shape index (κ1) is 12.7. The third-order valence-electron chi connectivity index (χ3n) is 4.57. The van der Waals surface area contributed by atoms with Crippen LogP contribution in [0.3, 0.4) is 0 Å². The van der Waals surface area contributed by atoms with Crippen LogP contribution in [-0.2, 0) is 11.2 Å². The second-order valence-corrected chi connectivity index (χ2v) is 5.64. The van der Waals surface area contributed by atoms with Crippen molar-refractivity contribution in [2.75, 3.05) is 13.6 Å². The Morgan fingerprint density at radius 1 is 1.21 bits per heavy atom. The van der Waals surface area contributed by atoms with Gasteiger partial charge in [0, 0.05) is 12.6 Å². The quantitative estimate of drug-likeness (QED) is 0.882. The predicted octanol–water partition coefficient (Wildman–Crippen LogP) is 2.27. The van der Waals surface area contributed by atoms with Gasteiger partial charge in [0.2, 0.25) is 5.91 Å². The Balaban J connectivity index is 1.92. The molecule has 102 valence electrons. The molecule has 1 unspecified atom stereocenters. The summed E-state index contributed by atoms with van der Waals surface area (Å²) < 4.78 is 0. The summed E-state index contributed by atoms with van der Waals surface area (Å²) in [6, 6.07) is 8.65. The Morgan fingerprint density at radius 2 is 1.95 bits per heavy atom. The Bertz CT molecular complexity index is 466. The third-order valence-corrected chi connectivity index (χ3v) is 4.57. The van der Waals surface area contributed by atoms with Gasteiger partial charge in [0.15, 0.2) is 0 Å². The number of carbonyl (C=O) groups is 1. The zero-order valence-corrected chi connectivity index (χ0v) is 11.6. The maximum Gasteiger partial charge on any atom is 0.244 e. The van der Waals surface area contributed by atoms with Gasteiger partial charge in [-0.15, -0.1) is 0 Å². The van der Waals surface area contributed by atoms with Gasteiger partial charge in [0.05, 0.1) is 0 Å². The van der Waals surface area contributed by atoms with Gasteiger partial charge < -0.3 is 10.2 Å². The summed E-state index contributed by atoms with van der Waals surface area (Å²) in [5, 5.41) is 3.21. The van der Waals surface area contributed by atoms with Crippen LogP contribution >= 0.6 is 0 Å². The molecule has 1 amide bonds. The van der Waals surface area contributed by atoms with E-state index in [9.17, 15) is 4.79 Å². The third kappa shape index (κ3) is 2.27. The molecule has 1 aliphatic heterocycles. The van der Waals surface area contributed by atoms with Crippen LogP contribution in [0.1, 0.15) is 42.9 Å². The lowest BCUT2D eigenvalue weighted by Gasteiger charge is -2.30. The summed E-state index contributed by atoms with van der Waals surface area (Å²) in [6.45, 7) is 0.874. The Kier molecular flexibility index (Phi) is 3.56. The molecule has 1 fully saturated rings.